The van der Waals surface area contributed by atoms with Crippen molar-refractivity contribution in [3.63, 3.8) is 0 Å². The van der Waals surface area contributed by atoms with Crippen LogP contribution in [0.5, 0.6) is 0 Å². The van der Waals surface area contributed by atoms with Crippen LogP contribution in [0.3, 0.4) is 0 Å². The Kier molecular flexibility index (Phi) is 5.43. The van der Waals surface area contributed by atoms with Crippen molar-refractivity contribution >= 4 is 34.5 Å². The quantitative estimate of drug-likeness (QED) is 0.798. The summed E-state index contributed by atoms with van der Waals surface area (Å²) in [4.78, 5) is 31.0. The summed E-state index contributed by atoms with van der Waals surface area (Å²) in [5, 5.41) is 0.334. The Morgan fingerprint density at radius 2 is 2.18 bits per heavy atom. The van der Waals surface area contributed by atoms with Crippen molar-refractivity contribution in [1.82, 2.24) is 0 Å². The number of benzene rings is 1. The molecule has 2 rings (SSSR count). The molecule has 1 aromatic rings. The largest absolute Gasteiger partial charge is 0.465 e. The van der Waals surface area contributed by atoms with Crippen LogP contribution in [0, 0.1) is 11.7 Å². The number of ether oxygens (including phenoxy) is 1. The minimum Gasteiger partial charge on any atom is -0.465 e. The van der Waals surface area contributed by atoms with Crippen LogP contribution >= 0.6 is 11.8 Å². The molecule has 1 aliphatic heterocycles. The highest BCUT2D eigenvalue weighted by Gasteiger charge is 2.33. The third-order valence-corrected chi connectivity index (χ3v) is 4.04. The van der Waals surface area contributed by atoms with Crippen molar-refractivity contribution < 1.29 is 18.7 Å². The van der Waals surface area contributed by atoms with Crippen molar-refractivity contribution in [2.24, 2.45) is 15.9 Å². The van der Waals surface area contributed by atoms with E-state index in [-0.39, 0.29) is 12.4 Å². The number of aliphatic imine (C=N–C) groups is 2. The molecule has 0 radical (unpaired) electrons. The van der Waals surface area contributed by atoms with Crippen LogP contribution in [0.1, 0.15) is 19.4 Å². The maximum Gasteiger partial charge on any atom is 0.367 e. The summed E-state index contributed by atoms with van der Waals surface area (Å²) in [6, 6.07) is 5.49. The van der Waals surface area contributed by atoms with Crippen molar-refractivity contribution in [2.45, 2.75) is 19.6 Å². The van der Waals surface area contributed by atoms with Crippen molar-refractivity contribution in [3.8, 4) is 0 Å². The molecule has 22 heavy (non-hydrogen) atoms. The van der Waals surface area contributed by atoms with E-state index < -0.39 is 17.9 Å². The number of thioether (sulfide) groups is 1. The van der Waals surface area contributed by atoms with Gasteiger partial charge in [-0.25, -0.2) is 9.18 Å². The van der Waals surface area contributed by atoms with Gasteiger partial charge in [-0.3, -0.25) is 4.79 Å². The average Bonchev–Trinajstić information content (AvgIpc) is 2.44. The number of urea groups is 1. The number of amides is 2. The van der Waals surface area contributed by atoms with E-state index in [9.17, 15) is 14.0 Å². The average molecular weight is 322 g/mol. The first-order valence-electron chi connectivity index (χ1n) is 6.73. The van der Waals surface area contributed by atoms with E-state index in [1.165, 1.54) is 23.9 Å². The Morgan fingerprint density at radius 1 is 1.41 bits per heavy atom. The van der Waals surface area contributed by atoms with Crippen LogP contribution in [-0.2, 0) is 15.3 Å². The van der Waals surface area contributed by atoms with Gasteiger partial charge in [0.15, 0.2) is 0 Å². The van der Waals surface area contributed by atoms with Crippen LogP contribution < -0.4 is 0 Å². The van der Waals surface area contributed by atoms with Gasteiger partial charge in [-0.05, 0) is 31.5 Å². The summed E-state index contributed by atoms with van der Waals surface area (Å²) in [6.45, 7) is 3.53. The first-order chi connectivity index (χ1) is 10.5. The molecule has 1 aliphatic rings. The van der Waals surface area contributed by atoms with Gasteiger partial charge in [0, 0.05) is 11.5 Å². The van der Waals surface area contributed by atoms with Crippen molar-refractivity contribution in [3.05, 3.63) is 35.6 Å². The molecule has 5 nitrogen and oxygen atoms in total. The fraction of sp³-hybridized carbons (Fsp3) is 0.333. The van der Waals surface area contributed by atoms with Gasteiger partial charge < -0.3 is 4.74 Å². The lowest BCUT2D eigenvalue weighted by Gasteiger charge is -2.19. The molecule has 1 unspecified atom stereocenters. The van der Waals surface area contributed by atoms with Gasteiger partial charge in [-0.15, -0.1) is 11.8 Å². The van der Waals surface area contributed by atoms with Crippen molar-refractivity contribution in [1.29, 1.82) is 0 Å². The topological polar surface area (TPSA) is 68.1 Å². The zero-order chi connectivity index (χ0) is 16.1. The summed E-state index contributed by atoms with van der Waals surface area (Å²) in [5.41, 5.74) is 1.10. The number of carbonyl (C=O) groups excluding carboxylic acids is 2. The molecule has 0 fully saturated rings. The second-order valence-corrected chi connectivity index (χ2v) is 5.59. The van der Waals surface area contributed by atoms with Gasteiger partial charge >= 0.3 is 12.0 Å². The number of hydrogen-bond donors (Lipinski definition) is 0. The summed E-state index contributed by atoms with van der Waals surface area (Å²) >= 11 is 1.21. The Labute approximate surface area is 131 Å². The second-order valence-electron chi connectivity index (χ2n) is 4.59. The summed E-state index contributed by atoms with van der Waals surface area (Å²) < 4.78 is 18.2. The van der Waals surface area contributed by atoms with Crippen LogP contribution in [0.4, 0.5) is 9.18 Å². The molecule has 0 bridgehead atoms. The zero-order valence-electron chi connectivity index (χ0n) is 12.2. The maximum absolute atomic E-state index is 13.2. The molecule has 0 aromatic heterocycles. The van der Waals surface area contributed by atoms with E-state index in [2.05, 4.69) is 9.98 Å². The van der Waals surface area contributed by atoms with E-state index in [4.69, 9.17) is 4.74 Å². The fourth-order valence-electron chi connectivity index (χ4n) is 1.97. The Morgan fingerprint density at radius 3 is 2.86 bits per heavy atom. The van der Waals surface area contributed by atoms with E-state index in [0.717, 1.165) is 5.56 Å². The van der Waals surface area contributed by atoms with Crippen LogP contribution in [0.2, 0.25) is 0 Å². The SMILES string of the molecule is CCOC(=O)C1C(C)=NC(=O)N=C1SCc1cccc(F)c1. The molecule has 0 N–H and O–H groups in total. The van der Waals surface area contributed by atoms with E-state index >= 15 is 0 Å². The zero-order valence-corrected chi connectivity index (χ0v) is 13.0. The van der Waals surface area contributed by atoms with Crippen LogP contribution in [-0.4, -0.2) is 29.4 Å². The third kappa shape index (κ3) is 4.00. The molecule has 2 amide bonds. The summed E-state index contributed by atoms with van der Waals surface area (Å²) in [5.74, 6) is -1.19. The lowest BCUT2D eigenvalue weighted by molar-refractivity contribution is -0.143. The summed E-state index contributed by atoms with van der Waals surface area (Å²) in [7, 11) is 0. The standard InChI is InChI=1S/C15H15FN2O3S/c1-3-21-14(19)12-9(2)17-15(20)18-13(12)22-8-10-5-4-6-11(16)7-10/h4-7,12H,3,8H2,1-2H3. The molecule has 0 saturated heterocycles. The minimum atomic E-state index is -0.767. The molecule has 1 aromatic carbocycles. The normalized spacial score (nSPS) is 17.8. The predicted molar refractivity (Wildman–Crippen MR) is 83.8 cm³/mol. The van der Waals surface area contributed by atoms with Gasteiger partial charge in [0.25, 0.3) is 0 Å². The smallest absolute Gasteiger partial charge is 0.367 e. The van der Waals surface area contributed by atoms with Gasteiger partial charge in [0.2, 0.25) is 0 Å². The number of hydrogen-bond acceptors (Lipinski definition) is 4. The number of rotatable bonds is 4. The number of carbonyl (C=O) groups is 2. The van der Waals surface area contributed by atoms with Gasteiger partial charge in [-0.1, -0.05) is 12.1 Å². The molecular formula is C15H15FN2O3S. The molecule has 0 aliphatic carbocycles. The third-order valence-electron chi connectivity index (χ3n) is 2.94. The van der Waals surface area contributed by atoms with E-state index in [1.807, 2.05) is 0 Å². The Bertz CT molecular complexity index is 658. The van der Waals surface area contributed by atoms with Gasteiger partial charge in [0.05, 0.1) is 11.7 Å². The van der Waals surface area contributed by atoms with E-state index in [0.29, 0.717) is 16.5 Å². The minimum absolute atomic E-state index is 0.235. The monoisotopic (exact) mass is 322 g/mol. The molecule has 1 heterocycles. The van der Waals surface area contributed by atoms with Crippen LogP contribution in [0.25, 0.3) is 0 Å². The Balaban J connectivity index is 2.15. The summed E-state index contributed by atoms with van der Waals surface area (Å²) in [6.07, 6.45) is 0. The first-order valence-corrected chi connectivity index (χ1v) is 7.71. The molecule has 0 saturated carbocycles. The van der Waals surface area contributed by atoms with Gasteiger partial charge in [0.1, 0.15) is 11.7 Å². The highest BCUT2D eigenvalue weighted by molar-refractivity contribution is 8.13. The molecule has 0 spiro atoms. The molecular weight excluding hydrogens is 307 g/mol. The highest BCUT2D eigenvalue weighted by Crippen LogP contribution is 2.24. The molecule has 1 atom stereocenters. The maximum atomic E-state index is 13.2. The highest BCUT2D eigenvalue weighted by atomic mass is 32.2. The second kappa shape index (κ2) is 7.31. The molecule has 7 heteroatoms. The lowest BCUT2D eigenvalue weighted by Crippen LogP contribution is -2.34. The Hall–Kier alpha value is -2.02. The first kappa shape index (κ1) is 16.4. The fourth-order valence-corrected chi connectivity index (χ4v) is 3.04. The van der Waals surface area contributed by atoms with Crippen LogP contribution in [0.15, 0.2) is 34.3 Å². The van der Waals surface area contributed by atoms with Crippen molar-refractivity contribution in [2.75, 3.05) is 6.61 Å². The predicted octanol–water partition coefficient (Wildman–Crippen LogP) is 3.23. The number of esters is 1. The number of nitrogens with zero attached hydrogens (tertiary/aromatic N) is 2. The van der Waals surface area contributed by atoms with E-state index in [1.54, 1.807) is 26.0 Å². The molecule has 116 valence electrons. The lowest BCUT2D eigenvalue weighted by atomic mass is 10.1. The number of halogens is 1. The van der Waals surface area contributed by atoms with Gasteiger partial charge in [-0.2, -0.15) is 9.98 Å².